The molecule has 0 heterocycles. The zero-order valence-corrected chi connectivity index (χ0v) is 25.1. The van der Waals surface area contributed by atoms with Crippen LogP contribution in [0.25, 0.3) is 0 Å². The molecule has 4 rings (SSSR count). The van der Waals surface area contributed by atoms with Crippen molar-refractivity contribution in [2.75, 3.05) is 18.0 Å². The molecule has 0 spiro atoms. The lowest BCUT2D eigenvalue weighted by molar-refractivity contribution is -0.139. The van der Waals surface area contributed by atoms with Gasteiger partial charge in [-0.2, -0.15) is 0 Å². The molecule has 0 bridgehead atoms. The van der Waals surface area contributed by atoms with Crippen molar-refractivity contribution in [3.63, 3.8) is 0 Å². The number of aryl methyl sites for hydroxylation is 1. The Labute approximate surface area is 247 Å². The van der Waals surface area contributed by atoms with Crippen LogP contribution in [0.5, 0.6) is 5.75 Å². The van der Waals surface area contributed by atoms with Crippen LogP contribution in [0.2, 0.25) is 5.02 Å². The molecule has 1 N–H and O–H groups in total. The van der Waals surface area contributed by atoms with E-state index in [1.807, 2.05) is 6.92 Å². The number of halogens is 1. The maximum atomic E-state index is 14.0. The number of benzene rings is 3. The summed E-state index contributed by atoms with van der Waals surface area (Å²) >= 11 is 6.07. The second-order valence-electron chi connectivity index (χ2n) is 10.3. The van der Waals surface area contributed by atoms with Crippen LogP contribution in [0.15, 0.2) is 77.7 Å². The van der Waals surface area contributed by atoms with Gasteiger partial charge in [-0.15, -0.1) is 0 Å². The zero-order valence-electron chi connectivity index (χ0n) is 23.5. The third-order valence-electron chi connectivity index (χ3n) is 7.38. The Morgan fingerprint density at radius 3 is 2.17 bits per heavy atom. The predicted molar refractivity (Wildman–Crippen MR) is 161 cm³/mol. The van der Waals surface area contributed by atoms with Gasteiger partial charge in [0.15, 0.2) is 0 Å². The van der Waals surface area contributed by atoms with Gasteiger partial charge in [-0.05, 0) is 80.8 Å². The third kappa shape index (κ3) is 7.59. The van der Waals surface area contributed by atoms with E-state index in [0.717, 1.165) is 41.1 Å². The molecule has 1 aliphatic rings. The normalized spacial score (nSPS) is 14.3. The minimum Gasteiger partial charge on any atom is -0.497 e. The van der Waals surface area contributed by atoms with E-state index >= 15 is 0 Å². The van der Waals surface area contributed by atoms with Gasteiger partial charge in [0.1, 0.15) is 18.3 Å². The Morgan fingerprint density at radius 1 is 0.976 bits per heavy atom. The first-order chi connectivity index (χ1) is 19.6. The molecule has 218 valence electrons. The number of amides is 2. The van der Waals surface area contributed by atoms with Crippen molar-refractivity contribution in [2.45, 2.75) is 63.1 Å². The number of sulfonamides is 1. The van der Waals surface area contributed by atoms with Crippen LogP contribution < -0.4 is 14.4 Å². The van der Waals surface area contributed by atoms with Crippen molar-refractivity contribution in [3.05, 3.63) is 88.9 Å². The van der Waals surface area contributed by atoms with Crippen LogP contribution in [-0.2, 0) is 26.2 Å². The van der Waals surface area contributed by atoms with Gasteiger partial charge in [-0.25, -0.2) is 8.42 Å². The number of ether oxygens (including phenoxy) is 1. The van der Waals surface area contributed by atoms with Gasteiger partial charge in [0.25, 0.3) is 10.0 Å². The highest BCUT2D eigenvalue weighted by molar-refractivity contribution is 7.92. The fourth-order valence-corrected chi connectivity index (χ4v) is 6.42. The second-order valence-corrected chi connectivity index (χ2v) is 12.6. The van der Waals surface area contributed by atoms with Crippen molar-refractivity contribution >= 4 is 39.1 Å². The predicted octanol–water partition coefficient (Wildman–Crippen LogP) is 5.33. The van der Waals surface area contributed by atoms with E-state index < -0.39 is 28.5 Å². The Balaban J connectivity index is 1.68. The summed E-state index contributed by atoms with van der Waals surface area (Å²) in [5, 5.41) is 3.62. The highest BCUT2D eigenvalue weighted by Gasteiger charge is 2.33. The first-order valence-corrected chi connectivity index (χ1v) is 15.5. The van der Waals surface area contributed by atoms with Crippen LogP contribution in [0.3, 0.4) is 0 Å². The molecule has 0 aliphatic heterocycles. The van der Waals surface area contributed by atoms with E-state index in [1.165, 1.54) is 24.1 Å². The molecule has 3 aromatic rings. The number of nitrogens with zero attached hydrogens (tertiary/aromatic N) is 2. The molecule has 1 aliphatic carbocycles. The van der Waals surface area contributed by atoms with Gasteiger partial charge in [-0.1, -0.05) is 54.3 Å². The number of nitrogens with one attached hydrogen (secondary N) is 1. The topological polar surface area (TPSA) is 96.0 Å². The lowest BCUT2D eigenvalue weighted by Crippen LogP contribution is -2.52. The van der Waals surface area contributed by atoms with Crippen molar-refractivity contribution in [2.24, 2.45) is 0 Å². The van der Waals surface area contributed by atoms with E-state index in [4.69, 9.17) is 16.3 Å². The number of hydrogen-bond donors (Lipinski definition) is 1. The van der Waals surface area contributed by atoms with Crippen LogP contribution in [0, 0.1) is 6.92 Å². The van der Waals surface area contributed by atoms with Gasteiger partial charge >= 0.3 is 0 Å². The number of carbonyl (C=O) groups excluding carboxylic acids is 2. The Bertz CT molecular complexity index is 1440. The first-order valence-electron chi connectivity index (χ1n) is 13.7. The van der Waals surface area contributed by atoms with Gasteiger partial charge in [-0.3, -0.25) is 13.9 Å². The number of carbonyl (C=O) groups is 2. The molecule has 0 radical (unpaired) electrons. The fourth-order valence-electron chi connectivity index (χ4n) is 4.88. The number of anilines is 1. The summed E-state index contributed by atoms with van der Waals surface area (Å²) in [6.45, 7) is 3.14. The lowest BCUT2D eigenvalue weighted by atomic mass is 10.1. The molecule has 2 amide bonds. The van der Waals surface area contributed by atoms with Crippen LogP contribution in [0.4, 0.5) is 5.69 Å². The molecule has 1 saturated carbocycles. The van der Waals surface area contributed by atoms with Crippen molar-refractivity contribution in [1.29, 1.82) is 0 Å². The highest BCUT2D eigenvalue weighted by Crippen LogP contribution is 2.27. The van der Waals surface area contributed by atoms with E-state index in [1.54, 1.807) is 67.6 Å². The first kappa shape index (κ1) is 30.4. The molecule has 3 aromatic carbocycles. The largest absolute Gasteiger partial charge is 0.497 e. The van der Waals surface area contributed by atoms with Gasteiger partial charge in [0.05, 0.1) is 17.7 Å². The molecule has 10 heteroatoms. The number of methoxy groups -OCH3 is 1. The van der Waals surface area contributed by atoms with Gasteiger partial charge in [0, 0.05) is 17.6 Å². The minimum absolute atomic E-state index is 0.0583. The average Bonchev–Trinajstić information content (AvgIpc) is 3.48. The van der Waals surface area contributed by atoms with Crippen LogP contribution >= 0.6 is 11.6 Å². The molecule has 8 nitrogen and oxygen atoms in total. The van der Waals surface area contributed by atoms with Crippen molar-refractivity contribution < 1.29 is 22.7 Å². The number of hydrogen-bond acceptors (Lipinski definition) is 5. The third-order valence-corrected chi connectivity index (χ3v) is 9.42. The second kappa shape index (κ2) is 13.4. The van der Waals surface area contributed by atoms with Gasteiger partial charge < -0.3 is 15.0 Å². The summed E-state index contributed by atoms with van der Waals surface area (Å²) in [6, 6.07) is 19.2. The zero-order chi connectivity index (χ0) is 29.6. The maximum Gasteiger partial charge on any atom is 0.264 e. The molecule has 1 unspecified atom stereocenters. The monoisotopic (exact) mass is 597 g/mol. The fraction of sp³-hybridized carbons (Fsp3) is 0.355. The average molecular weight is 598 g/mol. The quantitative estimate of drug-likeness (QED) is 0.322. The maximum absolute atomic E-state index is 14.0. The number of rotatable bonds is 11. The molecular weight excluding hydrogens is 562 g/mol. The summed E-state index contributed by atoms with van der Waals surface area (Å²) in [4.78, 5) is 28.8. The molecule has 41 heavy (non-hydrogen) atoms. The van der Waals surface area contributed by atoms with E-state index in [2.05, 4.69) is 5.32 Å². The van der Waals surface area contributed by atoms with Crippen LogP contribution in [-0.4, -0.2) is 50.9 Å². The summed E-state index contributed by atoms with van der Waals surface area (Å²) in [7, 11) is -2.62. The Hall–Kier alpha value is -3.56. The van der Waals surface area contributed by atoms with Crippen molar-refractivity contribution in [3.8, 4) is 5.75 Å². The summed E-state index contributed by atoms with van der Waals surface area (Å²) in [6.07, 6.45) is 3.92. The standard InChI is InChI=1S/C31H36ClN3O5S/c1-22-8-18-29(19-9-22)41(38,39)35(27-14-16-28(40-3)17-15-27)21-30(36)34(20-24-10-12-25(32)13-11-24)23(2)31(37)33-26-6-4-5-7-26/h8-19,23,26H,4-7,20-21H2,1-3H3,(H,33,37). The van der Waals surface area contributed by atoms with E-state index in [0.29, 0.717) is 16.5 Å². The van der Waals surface area contributed by atoms with E-state index in [-0.39, 0.29) is 23.4 Å². The minimum atomic E-state index is -4.14. The van der Waals surface area contributed by atoms with Crippen molar-refractivity contribution in [1.82, 2.24) is 10.2 Å². The Kier molecular flexibility index (Phi) is 9.94. The molecule has 0 aromatic heterocycles. The smallest absolute Gasteiger partial charge is 0.264 e. The molecule has 0 saturated heterocycles. The molecular formula is C31H36ClN3O5S. The lowest BCUT2D eigenvalue weighted by Gasteiger charge is -2.32. The highest BCUT2D eigenvalue weighted by atomic mass is 35.5. The molecule has 1 atom stereocenters. The summed E-state index contributed by atoms with van der Waals surface area (Å²) in [5.41, 5.74) is 1.97. The van der Waals surface area contributed by atoms with Crippen LogP contribution in [0.1, 0.15) is 43.7 Å². The SMILES string of the molecule is COc1ccc(N(CC(=O)N(Cc2ccc(Cl)cc2)C(C)C(=O)NC2CCCC2)S(=O)(=O)c2ccc(C)cc2)cc1. The summed E-state index contributed by atoms with van der Waals surface area (Å²) < 4.78 is 34.2. The molecule has 1 fully saturated rings. The van der Waals surface area contributed by atoms with E-state index in [9.17, 15) is 18.0 Å². The van der Waals surface area contributed by atoms with Gasteiger partial charge in [0.2, 0.25) is 11.8 Å². The summed E-state index contributed by atoms with van der Waals surface area (Å²) in [5.74, 6) is -0.230. The Morgan fingerprint density at radius 2 is 1.59 bits per heavy atom.